The Labute approximate surface area is 226 Å². The number of pyridine rings is 6. The van der Waals surface area contributed by atoms with Crippen LogP contribution in [0, 0.1) is 0 Å². The van der Waals surface area contributed by atoms with Crippen molar-refractivity contribution in [3.63, 3.8) is 0 Å². The molecular formula is C30H22MnN6+2. The van der Waals surface area contributed by atoms with Crippen molar-refractivity contribution in [2.75, 3.05) is 0 Å². The van der Waals surface area contributed by atoms with Crippen LogP contribution in [0.2, 0.25) is 0 Å². The maximum atomic E-state index is 4.59. The summed E-state index contributed by atoms with van der Waals surface area (Å²) in [4.78, 5) is 26.4. The summed E-state index contributed by atoms with van der Waals surface area (Å²) in [5.41, 5.74) is 6.92. The second-order valence-electron chi connectivity index (χ2n) is 7.68. The molecule has 6 nitrogen and oxygen atoms in total. The first kappa shape index (κ1) is 25.5. The minimum absolute atomic E-state index is 0. The number of nitrogens with zero attached hydrogens (tertiary/aromatic N) is 6. The van der Waals surface area contributed by atoms with E-state index in [-0.39, 0.29) is 17.1 Å². The van der Waals surface area contributed by atoms with Gasteiger partial charge in [0.05, 0.1) is 45.6 Å². The maximum absolute atomic E-state index is 4.59. The molecule has 0 atom stereocenters. The van der Waals surface area contributed by atoms with Gasteiger partial charge in [-0.1, -0.05) is 36.4 Å². The molecule has 0 saturated heterocycles. The normalized spacial score (nSPS) is 9.95. The van der Waals surface area contributed by atoms with E-state index in [9.17, 15) is 0 Å². The van der Waals surface area contributed by atoms with Crippen molar-refractivity contribution in [2.45, 2.75) is 0 Å². The molecular weight excluding hydrogens is 499 g/mol. The second-order valence-corrected chi connectivity index (χ2v) is 7.68. The van der Waals surface area contributed by atoms with Crippen molar-refractivity contribution in [1.82, 2.24) is 29.9 Å². The van der Waals surface area contributed by atoms with Gasteiger partial charge in [-0.2, -0.15) is 0 Å². The summed E-state index contributed by atoms with van der Waals surface area (Å²) in [6.45, 7) is 0. The zero-order valence-electron chi connectivity index (χ0n) is 19.8. The molecule has 37 heavy (non-hydrogen) atoms. The Morgan fingerprint density at radius 1 is 0.270 bits per heavy atom. The van der Waals surface area contributed by atoms with E-state index in [0.29, 0.717) is 0 Å². The standard InChI is InChI=1S/2C15H11N3.Mn/c2*1-3-10-16-12(6-1)14-8-5-9-15(18-14)13-7-2-4-11-17-13;/h2*1-11H;/q;;+2. The maximum Gasteiger partial charge on any atom is 2.00 e. The van der Waals surface area contributed by atoms with Crippen LogP contribution in [0.15, 0.2) is 134 Å². The zero-order chi connectivity index (χ0) is 24.4. The first-order valence-electron chi connectivity index (χ1n) is 11.5. The fourth-order valence-corrected chi connectivity index (χ4v) is 3.50. The van der Waals surface area contributed by atoms with Crippen molar-refractivity contribution < 1.29 is 17.1 Å². The van der Waals surface area contributed by atoms with E-state index in [0.717, 1.165) is 45.6 Å². The topological polar surface area (TPSA) is 77.3 Å². The monoisotopic (exact) mass is 521 g/mol. The van der Waals surface area contributed by atoms with Gasteiger partial charge in [-0.25, -0.2) is 9.97 Å². The predicted molar refractivity (Wildman–Crippen MR) is 141 cm³/mol. The minimum Gasteiger partial charge on any atom is -0.255 e. The van der Waals surface area contributed by atoms with Gasteiger partial charge in [0, 0.05) is 24.8 Å². The van der Waals surface area contributed by atoms with E-state index in [2.05, 4.69) is 29.9 Å². The van der Waals surface area contributed by atoms with Crippen molar-refractivity contribution in [1.29, 1.82) is 0 Å². The van der Waals surface area contributed by atoms with Gasteiger partial charge in [0.15, 0.2) is 0 Å². The largest absolute Gasteiger partial charge is 2.00 e. The molecule has 6 aromatic heterocycles. The summed E-state index contributed by atoms with van der Waals surface area (Å²) in [6.07, 6.45) is 7.07. The van der Waals surface area contributed by atoms with Crippen LogP contribution in [-0.4, -0.2) is 29.9 Å². The average molecular weight is 521 g/mol. The summed E-state index contributed by atoms with van der Waals surface area (Å²) < 4.78 is 0. The summed E-state index contributed by atoms with van der Waals surface area (Å²) >= 11 is 0. The first-order valence-corrected chi connectivity index (χ1v) is 11.5. The van der Waals surface area contributed by atoms with Crippen molar-refractivity contribution in [3.05, 3.63) is 134 Å². The van der Waals surface area contributed by atoms with Crippen molar-refractivity contribution >= 4 is 0 Å². The van der Waals surface area contributed by atoms with Crippen LogP contribution in [0.5, 0.6) is 0 Å². The molecule has 0 N–H and O–H groups in total. The minimum atomic E-state index is 0. The van der Waals surface area contributed by atoms with Crippen LogP contribution in [-0.2, 0) is 17.1 Å². The SMILES string of the molecule is [Mn+2].c1ccc(-c2cccc(-c3ccccn3)n2)nc1.c1ccc(-c2cccc(-c3ccccn3)n2)nc1. The number of rotatable bonds is 4. The van der Waals surface area contributed by atoms with Gasteiger partial charge < -0.3 is 0 Å². The first-order chi connectivity index (χ1) is 17.9. The Bertz CT molecular complexity index is 1290. The van der Waals surface area contributed by atoms with Crippen molar-refractivity contribution in [3.8, 4) is 45.6 Å². The van der Waals surface area contributed by atoms with E-state index in [1.165, 1.54) is 0 Å². The van der Waals surface area contributed by atoms with Crippen LogP contribution in [0.1, 0.15) is 0 Å². The van der Waals surface area contributed by atoms with Crippen LogP contribution in [0.4, 0.5) is 0 Å². The molecule has 0 aliphatic rings. The molecule has 0 amide bonds. The molecule has 6 heterocycles. The number of hydrogen-bond donors (Lipinski definition) is 0. The third-order valence-corrected chi connectivity index (χ3v) is 5.21. The summed E-state index contributed by atoms with van der Waals surface area (Å²) in [5, 5.41) is 0. The number of hydrogen-bond acceptors (Lipinski definition) is 6. The summed E-state index contributed by atoms with van der Waals surface area (Å²) in [5.74, 6) is 0. The third-order valence-electron chi connectivity index (χ3n) is 5.21. The molecule has 6 rings (SSSR count). The van der Waals surface area contributed by atoms with E-state index in [1.54, 1.807) is 24.8 Å². The van der Waals surface area contributed by atoms with Gasteiger partial charge >= 0.3 is 17.1 Å². The van der Waals surface area contributed by atoms with Crippen molar-refractivity contribution in [2.24, 2.45) is 0 Å². The molecule has 177 valence electrons. The molecule has 0 bridgehead atoms. The van der Waals surface area contributed by atoms with Crippen LogP contribution < -0.4 is 0 Å². The fraction of sp³-hybridized carbons (Fsp3) is 0. The molecule has 6 aromatic rings. The number of aromatic nitrogens is 6. The van der Waals surface area contributed by atoms with Crippen LogP contribution in [0.3, 0.4) is 0 Å². The smallest absolute Gasteiger partial charge is 0.255 e. The van der Waals surface area contributed by atoms with Gasteiger partial charge in [-0.05, 0) is 72.8 Å². The Morgan fingerprint density at radius 3 is 0.730 bits per heavy atom. The molecule has 0 fully saturated rings. The predicted octanol–water partition coefficient (Wildman–Crippen LogP) is 6.41. The quantitative estimate of drug-likeness (QED) is 0.250. The third kappa shape index (κ3) is 6.76. The Morgan fingerprint density at radius 2 is 0.514 bits per heavy atom. The van der Waals surface area contributed by atoms with Gasteiger partial charge in [0.1, 0.15) is 0 Å². The van der Waals surface area contributed by atoms with Gasteiger partial charge in [-0.3, -0.25) is 19.9 Å². The van der Waals surface area contributed by atoms with Crippen LogP contribution >= 0.6 is 0 Å². The fourth-order valence-electron chi connectivity index (χ4n) is 3.50. The van der Waals surface area contributed by atoms with Gasteiger partial charge in [-0.15, -0.1) is 0 Å². The van der Waals surface area contributed by atoms with E-state index in [1.807, 2.05) is 109 Å². The zero-order valence-corrected chi connectivity index (χ0v) is 20.9. The van der Waals surface area contributed by atoms with E-state index in [4.69, 9.17) is 0 Å². The average Bonchev–Trinajstić information content (AvgIpc) is 2.99. The molecule has 7 heteroatoms. The van der Waals surface area contributed by atoms with E-state index < -0.39 is 0 Å². The van der Waals surface area contributed by atoms with E-state index >= 15 is 0 Å². The summed E-state index contributed by atoms with van der Waals surface area (Å²) in [7, 11) is 0. The molecule has 0 spiro atoms. The Kier molecular flexibility index (Phi) is 8.91. The molecule has 1 radical (unpaired) electrons. The Balaban J connectivity index is 0.000000168. The van der Waals surface area contributed by atoms with Gasteiger partial charge in [0.2, 0.25) is 0 Å². The molecule has 0 unspecified atom stereocenters. The Hall–Kier alpha value is -4.58. The summed E-state index contributed by atoms with van der Waals surface area (Å²) in [6, 6.07) is 35.0. The van der Waals surface area contributed by atoms with Gasteiger partial charge in [0.25, 0.3) is 0 Å². The molecule has 0 aromatic carbocycles. The molecule has 0 aliphatic carbocycles. The molecule has 0 saturated carbocycles. The van der Waals surface area contributed by atoms with Crippen LogP contribution in [0.25, 0.3) is 45.6 Å². The second kappa shape index (κ2) is 12.9. The molecule has 0 aliphatic heterocycles.